The minimum absolute atomic E-state index is 0.622. The summed E-state index contributed by atoms with van der Waals surface area (Å²) in [5.41, 5.74) is 5.45. The van der Waals surface area contributed by atoms with E-state index in [0.29, 0.717) is 11.8 Å². The monoisotopic (exact) mass is 725 g/mol. The molecule has 0 aromatic carbocycles. The Balaban J connectivity index is 1.18. The number of aromatic nitrogens is 2. The van der Waals surface area contributed by atoms with Crippen molar-refractivity contribution in [2.45, 2.75) is 219 Å². The molecule has 0 saturated heterocycles. The van der Waals surface area contributed by atoms with Gasteiger partial charge in [-0.2, -0.15) is 0 Å². The number of aryl methyl sites for hydroxylation is 2. The fourth-order valence-electron chi connectivity index (χ4n) is 12.1. The third kappa shape index (κ3) is 11.6. The second kappa shape index (κ2) is 21.4. The van der Waals surface area contributed by atoms with Gasteiger partial charge in [-0.3, -0.25) is 9.97 Å². The number of pyridine rings is 2. The first-order valence-corrected chi connectivity index (χ1v) is 23.6. The Kier molecular flexibility index (Phi) is 16.5. The highest BCUT2D eigenvalue weighted by Crippen LogP contribution is 2.50. The lowest BCUT2D eigenvalue weighted by atomic mass is 9.65. The van der Waals surface area contributed by atoms with Crippen LogP contribution >= 0.6 is 0 Å². The molecule has 0 amide bonds. The van der Waals surface area contributed by atoms with Crippen LogP contribution in [-0.2, 0) is 0 Å². The predicted molar refractivity (Wildman–Crippen MR) is 225 cm³/mol. The van der Waals surface area contributed by atoms with Gasteiger partial charge in [0.05, 0.1) is 12.4 Å². The van der Waals surface area contributed by atoms with Crippen molar-refractivity contribution in [3.05, 3.63) is 47.0 Å². The number of hydrogen-bond donors (Lipinski definition) is 0. The van der Waals surface area contributed by atoms with Crippen LogP contribution in [-0.4, -0.2) is 9.97 Å². The molecule has 0 radical (unpaired) electrons. The second-order valence-electron chi connectivity index (χ2n) is 18.9. The summed E-state index contributed by atoms with van der Waals surface area (Å²) in [6.45, 7) is 9.21. The molecule has 0 spiro atoms. The van der Waals surface area contributed by atoms with Crippen molar-refractivity contribution in [3.8, 4) is 11.5 Å². The smallest absolute Gasteiger partial charge is 0.146 e. The van der Waals surface area contributed by atoms with E-state index >= 15 is 0 Å². The van der Waals surface area contributed by atoms with Crippen molar-refractivity contribution in [2.75, 3.05) is 0 Å². The molecule has 2 aromatic heterocycles. The van der Waals surface area contributed by atoms with Crippen LogP contribution in [0.1, 0.15) is 228 Å². The molecule has 0 bridgehead atoms. The largest absolute Gasteiger partial charge is 0.454 e. The van der Waals surface area contributed by atoms with E-state index in [2.05, 4.69) is 39.8 Å². The van der Waals surface area contributed by atoms with E-state index in [4.69, 9.17) is 14.7 Å². The van der Waals surface area contributed by atoms with Crippen molar-refractivity contribution in [1.29, 1.82) is 0 Å². The zero-order valence-corrected chi connectivity index (χ0v) is 35.0. The maximum Gasteiger partial charge on any atom is 0.146 e. The maximum absolute atomic E-state index is 6.86. The maximum atomic E-state index is 6.86. The Labute approximate surface area is 327 Å². The fraction of sp³-hybridized carbons (Fsp3) is 0.800. The van der Waals surface area contributed by atoms with Gasteiger partial charge < -0.3 is 4.74 Å². The molecule has 4 aliphatic carbocycles. The lowest BCUT2D eigenvalue weighted by Crippen LogP contribution is -2.28. The molecule has 4 aliphatic rings. The molecular weight excluding hydrogens is 645 g/mol. The third-order valence-electron chi connectivity index (χ3n) is 15.2. The summed E-state index contributed by atoms with van der Waals surface area (Å²) in [5, 5.41) is 0. The lowest BCUT2D eigenvalue weighted by Gasteiger charge is -2.40. The van der Waals surface area contributed by atoms with E-state index in [1.165, 1.54) is 202 Å². The number of unbranched alkanes of at least 4 members (excludes halogenated alkanes) is 6. The molecule has 2 unspecified atom stereocenters. The van der Waals surface area contributed by atoms with Crippen LogP contribution in [0.3, 0.4) is 0 Å². The van der Waals surface area contributed by atoms with Gasteiger partial charge in [-0.25, -0.2) is 0 Å². The van der Waals surface area contributed by atoms with Crippen LogP contribution in [0.5, 0.6) is 11.5 Å². The summed E-state index contributed by atoms with van der Waals surface area (Å²) in [6.07, 6.45) is 43.5. The zero-order valence-electron chi connectivity index (χ0n) is 35.0. The van der Waals surface area contributed by atoms with Gasteiger partial charge in [0.25, 0.3) is 0 Å². The van der Waals surface area contributed by atoms with Crippen LogP contribution in [0.25, 0.3) is 0 Å². The molecule has 3 nitrogen and oxygen atoms in total. The highest BCUT2D eigenvalue weighted by atomic mass is 16.5. The average Bonchev–Trinajstić information content (AvgIpc) is 3.20. The lowest BCUT2D eigenvalue weighted by molar-refractivity contribution is 0.171. The van der Waals surface area contributed by atoms with Crippen molar-refractivity contribution in [1.82, 2.24) is 9.97 Å². The van der Waals surface area contributed by atoms with E-state index < -0.39 is 0 Å². The van der Waals surface area contributed by atoms with Crippen molar-refractivity contribution in [2.24, 2.45) is 35.5 Å². The van der Waals surface area contributed by atoms with Crippen LogP contribution < -0.4 is 4.74 Å². The number of nitrogens with zero attached hydrogens (tertiary/aromatic N) is 2. The molecule has 6 rings (SSSR count). The van der Waals surface area contributed by atoms with Gasteiger partial charge in [-0.15, -0.1) is 0 Å². The Morgan fingerprint density at radius 2 is 0.868 bits per heavy atom. The highest BCUT2D eigenvalue weighted by molar-refractivity contribution is 5.39. The molecule has 2 aromatic rings. The minimum atomic E-state index is 0.622. The number of ether oxygens (including phenoxy) is 1. The van der Waals surface area contributed by atoms with Gasteiger partial charge in [-0.1, -0.05) is 142 Å². The van der Waals surface area contributed by atoms with Crippen LogP contribution in [0, 0.1) is 49.4 Å². The third-order valence-corrected chi connectivity index (χ3v) is 15.2. The molecule has 2 heterocycles. The number of rotatable bonds is 18. The topological polar surface area (TPSA) is 35.0 Å². The minimum Gasteiger partial charge on any atom is -0.454 e. The normalized spacial score (nSPS) is 26.0. The van der Waals surface area contributed by atoms with E-state index in [-0.39, 0.29) is 0 Å². The quantitative estimate of drug-likeness (QED) is 0.144. The molecule has 2 atom stereocenters. The summed E-state index contributed by atoms with van der Waals surface area (Å²) in [7, 11) is 0. The van der Waals surface area contributed by atoms with Crippen LogP contribution in [0.15, 0.2) is 24.5 Å². The Morgan fingerprint density at radius 1 is 0.491 bits per heavy atom. The van der Waals surface area contributed by atoms with Gasteiger partial charge in [0.15, 0.2) is 0 Å². The van der Waals surface area contributed by atoms with Crippen LogP contribution in [0.4, 0.5) is 0 Å². The average molecular weight is 725 g/mol. The number of hydrogen-bond acceptors (Lipinski definition) is 3. The van der Waals surface area contributed by atoms with E-state index in [1.54, 1.807) is 0 Å². The van der Waals surface area contributed by atoms with Gasteiger partial charge in [0.2, 0.25) is 0 Å². The predicted octanol–water partition coefficient (Wildman–Crippen LogP) is 15.8. The summed E-state index contributed by atoms with van der Waals surface area (Å²) >= 11 is 0. The SMILES string of the molecule is CCCCCCC1CCC(C(c2cc(Oc3cnc(C)c(C(C4CCCCC4)C4CCC(CCCCCC)CC4)c3)cnc2C)C2CCCCC2)CC1. The van der Waals surface area contributed by atoms with E-state index in [9.17, 15) is 0 Å². The molecular formula is C50H80N2O. The summed E-state index contributed by atoms with van der Waals surface area (Å²) in [5.74, 6) is 8.16. The van der Waals surface area contributed by atoms with Gasteiger partial charge in [-0.05, 0) is 136 Å². The molecule has 4 fully saturated rings. The Morgan fingerprint density at radius 3 is 1.25 bits per heavy atom. The van der Waals surface area contributed by atoms with E-state index in [0.717, 1.165) is 47.0 Å². The molecule has 0 N–H and O–H groups in total. The van der Waals surface area contributed by atoms with Crippen molar-refractivity contribution < 1.29 is 4.74 Å². The fourth-order valence-corrected chi connectivity index (χ4v) is 12.1. The molecule has 53 heavy (non-hydrogen) atoms. The summed E-state index contributed by atoms with van der Waals surface area (Å²) in [6, 6.07) is 4.86. The molecule has 4 saturated carbocycles. The molecule has 296 valence electrons. The van der Waals surface area contributed by atoms with Crippen molar-refractivity contribution >= 4 is 0 Å². The Bertz CT molecular complexity index is 1220. The first-order valence-electron chi connectivity index (χ1n) is 23.6. The van der Waals surface area contributed by atoms with Crippen molar-refractivity contribution in [3.63, 3.8) is 0 Å². The molecule has 3 heteroatoms. The van der Waals surface area contributed by atoms with Gasteiger partial charge in [0.1, 0.15) is 11.5 Å². The molecule has 0 aliphatic heterocycles. The van der Waals surface area contributed by atoms with E-state index in [1.807, 2.05) is 12.4 Å². The van der Waals surface area contributed by atoms with Crippen LogP contribution in [0.2, 0.25) is 0 Å². The first kappa shape index (κ1) is 40.8. The van der Waals surface area contributed by atoms with Gasteiger partial charge in [0, 0.05) is 11.4 Å². The highest BCUT2D eigenvalue weighted by Gasteiger charge is 2.37. The first-order chi connectivity index (χ1) is 26.0. The van der Waals surface area contributed by atoms with Gasteiger partial charge >= 0.3 is 0 Å². The summed E-state index contributed by atoms with van der Waals surface area (Å²) in [4.78, 5) is 10.1. The Hall–Kier alpha value is -1.90. The standard InChI is InChI=1S/C50H80N2O/c1-5-7-9-13-19-39-25-29-43(30-26-39)49(41-21-15-11-16-22-41)47-33-45(35-51-37(47)3)53-46-34-48(38(4)52-36-46)50(42-23-17-12-18-24-42)44-31-27-40(28-32-44)20-14-10-8-6-2/h33-36,39-44,49-50H,5-32H2,1-4H3. The summed E-state index contributed by atoms with van der Waals surface area (Å²) < 4.78 is 6.86. The zero-order chi connectivity index (χ0) is 36.8. The second-order valence-corrected chi connectivity index (χ2v) is 18.9.